The number of hydrogen-bond donors (Lipinski definition) is 1. The van der Waals surface area contributed by atoms with Crippen molar-refractivity contribution in [3.8, 4) is 0 Å². The Morgan fingerprint density at radius 2 is 0.789 bits per heavy atom. The lowest BCUT2D eigenvalue weighted by Gasteiger charge is -2.50. The van der Waals surface area contributed by atoms with Gasteiger partial charge in [0.25, 0.3) is 0 Å². The second-order valence-corrected chi connectivity index (χ2v) is 20.6. The number of rotatable bonds is 22. The van der Waals surface area contributed by atoms with Crippen molar-refractivity contribution in [2.75, 3.05) is 6.61 Å². The number of fused-ring (bicyclic) bond motifs is 2. The Morgan fingerprint density at radius 1 is 0.423 bits per heavy atom. The van der Waals surface area contributed by atoms with Gasteiger partial charge in [-0.2, -0.15) is 0 Å². The molecule has 0 radical (unpaired) electrons. The predicted octanol–water partition coefficient (Wildman–Crippen LogP) is 5.19. The van der Waals surface area contributed by atoms with E-state index in [9.17, 15) is 24.3 Å². The van der Waals surface area contributed by atoms with Gasteiger partial charge in [0.1, 0.15) is 48.8 Å². The van der Waals surface area contributed by atoms with E-state index in [0.29, 0.717) is 6.61 Å². The molecule has 6 saturated heterocycles. The second-order valence-electron chi connectivity index (χ2n) is 20.6. The minimum Gasteiger partial charge on any atom is -0.457 e. The Hall–Kier alpha value is -2.64. The summed E-state index contributed by atoms with van der Waals surface area (Å²) in [7, 11) is 0. The van der Waals surface area contributed by atoms with Crippen molar-refractivity contribution in [2.45, 2.75) is 289 Å². The number of unbranched alkanes of at least 4 members (excludes halogenated alkanes) is 9. The summed E-state index contributed by atoms with van der Waals surface area (Å²) in [5, 5.41) is 12.3. The number of carbonyl (C=O) groups excluding carboxylic acids is 4. The van der Waals surface area contributed by atoms with Crippen LogP contribution < -0.4 is 0 Å². The summed E-state index contributed by atoms with van der Waals surface area (Å²) in [4.78, 5) is 50.4. The first-order valence-corrected chi connectivity index (χ1v) is 25.8. The molecule has 0 saturated carbocycles. The van der Waals surface area contributed by atoms with Crippen LogP contribution in [0.5, 0.6) is 0 Å². The van der Waals surface area contributed by atoms with Gasteiger partial charge in [0, 0.05) is 34.3 Å². The van der Waals surface area contributed by atoms with E-state index in [1.165, 1.54) is 65.7 Å². The molecule has 6 aliphatic rings. The largest absolute Gasteiger partial charge is 0.457 e. The van der Waals surface area contributed by atoms with Crippen molar-refractivity contribution in [2.24, 2.45) is 0 Å². The molecule has 0 unspecified atom stereocenters. The lowest BCUT2D eigenvalue weighted by Crippen LogP contribution is -2.67. The van der Waals surface area contributed by atoms with E-state index in [0.717, 1.165) is 26.2 Å². The Labute approximate surface area is 418 Å². The highest BCUT2D eigenvalue weighted by Crippen LogP contribution is 2.43. The van der Waals surface area contributed by atoms with Crippen LogP contribution in [0.25, 0.3) is 0 Å². The molecule has 1 N–H and O–H groups in total. The zero-order valence-corrected chi connectivity index (χ0v) is 43.9. The minimum atomic E-state index is -1.70. The third-order valence-corrected chi connectivity index (χ3v) is 13.5. The zero-order valence-electron chi connectivity index (χ0n) is 43.9. The number of ether oxygens (including phenoxy) is 16. The molecule has 0 spiro atoms. The molecule has 71 heavy (non-hydrogen) atoms. The van der Waals surface area contributed by atoms with E-state index in [1.807, 2.05) is 0 Å². The first kappa shape index (κ1) is 57.6. The summed E-state index contributed by atoms with van der Waals surface area (Å²) in [6, 6.07) is 0. The summed E-state index contributed by atoms with van der Waals surface area (Å²) >= 11 is 0. The highest BCUT2D eigenvalue weighted by molar-refractivity contribution is 5.67. The molecule has 0 bridgehead atoms. The smallest absolute Gasteiger partial charge is 0.303 e. The Balaban J connectivity index is 1.20. The van der Waals surface area contributed by atoms with Crippen LogP contribution in [0.15, 0.2) is 0 Å². The SMILES string of the molecule is CCCCCCCCCCCCO[C@@H]1O[C@@H](C)[C@H](O[C@@H]2O[C@@H](C)[C@H](OC(C)=O)[C@@H](O[C@@H]3O[C@@H](C)[C@H](OC(C)=O)[C@@H](O[C@@H]4O[C@@H](C)[C@H](OC(C)=O)[C@H]5OC(C)(C)O[C@@H]45)[C@H]3OC(C)=O)[C@H]2O)[C@H]2OC(C)(C)O[C@@H]12. The maximum absolute atomic E-state index is 13.0. The summed E-state index contributed by atoms with van der Waals surface area (Å²) in [5.74, 6) is -4.96. The molecular formula is C50H82O21. The summed E-state index contributed by atoms with van der Waals surface area (Å²) in [5.41, 5.74) is 0. The Bertz CT molecular complexity index is 1750. The molecule has 6 rings (SSSR count). The molecule has 0 aliphatic carbocycles. The molecule has 0 amide bonds. The number of hydrogen-bond acceptors (Lipinski definition) is 21. The monoisotopic (exact) mass is 1020 g/mol. The van der Waals surface area contributed by atoms with Crippen LogP contribution in [0.3, 0.4) is 0 Å². The maximum Gasteiger partial charge on any atom is 0.303 e. The number of aliphatic hydroxyl groups is 1. The standard InChI is InChI=1S/C50H82O21/c1-14-15-16-17-18-19-20-21-22-23-24-56-46-43-41(69-49(10,11)70-43)37(28(5)58-46)65-45-33(55)38(34(25(2)57-45)61-29(6)51)66-47-42(64-32(9)54)39(35(26(3)59-47)62-30(7)52)67-48-44-40(68-50(12,13)71-44)36(27(4)60-48)63-31(8)53/h25-28,33-48,55H,14-24H2,1-13H3/t25-,26-,27-,28-,33+,34-,35-,36-,37-,38-,39+,40+,41+,42+,43+,44+,45-,46+,47-,48-/m0/s1. The highest BCUT2D eigenvalue weighted by Gasteiger charge is 2.61. The first-order valence-electron chi connectivity index (χ1n) is 25.8. The van der Waals surface area contributed by atoms with E-state index in [4.69, 9.17) is 75.8 Å². The average Bonchev–Trinajstić information content (AvgIpc) is 3.78. The van der Waals surface area contributed by atoms with Crippen LogP contribution in [-0.2, 0) is 95.0 Å². The van der Waals surface area contributed by atoms with Crippen LogP contribution in [0.1, 0.15) is 154 Å². The van der Waals surface area contributed by atoms with E-state index in [1.54, 1.807) is 55.4 Å². The van der Waals surface area contributed by atoms with Gasteiger partial charge < -0.3 is 80.9 Å². The quantitative estimate of drug-likeness (QED) is 0.0835. The zero-order chi connectivity index (χ0) is 51.9. The van der Waals surface area contributed by atoms with E-state index in [-0.39, 0.29) is 0 Å². The number of aliphatic hydroxyl groups excluding tert-OH is 1. The third-order valence-electron chi connectivity index (χ3n) is 13.5. The van der Waals surface area contributed by atoms with Crippen LogP contribution in [0.4, 0.5) is 0 Å². The molecule has 20 atom stereocenters. The average molecular weight is 1020 g/mol. The van der Waals surface area contributed by atoms with E-state index < -0.39 is 158 Å². The summed E-state index contributed by atoms with van der Waals surface area (Å²) < 4.78 is 99.6. The first-order chi connectivity index (χ1) is 33.5. The van der Waals surface area contributed by atoms with Crippen LogP contribution >= 0.6 is 0 Å². The van der Waals surface area contributed by atoms with Crippen LogP contribution in [-0.4, -0.2) is 170 Å². The predicted molar refractivity (Wildman–Crippen MR) is 246 cm³/mol. The number of esters is 4. The molecule has 6 aliphatic heterocycles. The minimum absolute atomic E-state index is 0.472. The van der Waals surface area contributed by atoms with Gasteiger partial charge in [0.15, 0.2) is 61.2 Å². The van der Waals surface area contributed by atoms with Crippen molar-refractivity contribution >= 4 is 23.9 Å². The summed E-state index contributed by atoms with van der Waals surface area (Å²) in [6.07, 6.45) is -10.2. The van der Waals surface area contributed by atoms with Gasteiger partial charge in [-0.25, -0.2) is 0 Å². The van der Waals surface area contributed by atoms with Crippen LogP contribution in [0.2, 0.25) is 0 Å². The normalized spacial score (nSPS) is 40.5. The Kier molecular flexibility index (Phi) is 20.5. The van der Waals surface area contributed by atoms with Gasteiger partial charge in [-0.05, 0) is 61.8 Å². The van der Waals surface area contributed by atoms with Gasteiger partial charge in [-0.3, -0.25) is 19.2 Å². The van der Waals surface area contributed by atoms with Gasteiger partial charge >= 0.3 is 23.9 Å². The second kappa shape index (κ2) is 25.3. The van der Waals surface area contributed by atoms with Gasteiger partial charge in [0.05, 0.1) is 24.4 Å². The lowest BCUT2D eigenvalue weighted by molar-refractivity contribution is -0.381. The molecule has 0 aromatic heterocycles. The highest BCUT2D eigenvalue weighted by atomic mass is 16.8. The van der Waals surface area contributed by atoms with Crippen LogP contribution in [0, 0.1) is 0 Å². The summed E-state index contributed by atoms with van der Waals surface area (Å²) in [6.45, 7) is 21.1. The van der Waals surface area contributed by atoms with E-state index >= 15 is 0 Å². The molecule has 6 fully saturated rings. The van der Waals surface area contributed by atoms with Crippen molar-refractivity contribution < 1.29 is 100 Å². The van der Waals surface area contributed by atoms with Gasteiger partial charge in [-0.15, -0.1) is 0 Å². The fourth-order valence-electron chi connectivity index (χ4n) is 10.4. The van der Waals surface area contributed by atoms with Crippen molar-refractivity contribution in [1.29, 1.82) is 0 Å². The maximum atomic E-state index is 13.0. The Morgan fingerprint density at radius 3 is 1.34 bits per heavy atom. The number of carbonyl (C=O) groups is 4. The molecule has 0 aromatic rings. The van der Waals surface area contributed by atoms with E-state index in [2.05, 4.69) is 6.92 Å². The molecule has 408 valence electrons. The molecule has 21 nitrogen and oxygen atoms in total. The topological polar surface area (TPSA) is 236 Å². The fraction of sp³-hybridized carbons (Fsp3) is 0.920. The molecule has 0 aromatic carbocycles. The van der Waals surface area contributed by atoms with Crippen molar-refractivity contribution in [1.82, 2.24) is 0 Å². The molecule has 21 heteroatoms. The fourth-order valence-corrected chi connectivity index (χ4v) is 10.4. The van der Waals surface area contributed by atoms with Crippen molar-refractivity contribution in [3.63, 3.8) is 0 Å². The van der Waals surface area contributed by atoms with Gasteiger partial charge in [-0.1, -0.05) is 64.7 Å². The van der Waals surface area contributed by atoms with Crippen molar-refractivity contribution in [3.05, 3.63) is 0 Å². The molecular weight excluding hydrogens is 937 g/mol. The third kappa shape index (κ3) is 15.0. The lowest BCUT2D eigenvalue weighted by atomic mass is 9.95. The molecule has 6 heterocycles. The van der Waals surface area contributed by atoms with Gasteiger partial charge in [0.2, 0.25) is 0 Å².